The van der Waals surface area contributed by atoms with Gasteiger partial charge < -0.3 is 21.2 Å². The lowest BCUT2D eigenvalue weighted by atomic mass is 9.78. The van der Waals surface area contributed by atoms with Crippen LogP contribution in [-0.4, -0.2) is 18.2 Å². The van der Waals surface area contributed by atoms with Crippen LogP contribution in [0.2, 0.25) is 0 Å². The number of rotatable bonds is 9. The normalized spacial score (nSPS) is 14.4. The summed E-state index contributed by atoms with van der Waals surface area (Å²) in [6, 6.07) is 8.15. The van der Waals surface area contributed by atoms with Gasteiger partial charge in [0.2, 0.25) is 0 Å². The number of amides is 1. The van der Waals surface area contributed by atoms with Crippen molar-refractivity contribution < 1.29 is 9.53 Å². The number of carbonyl (C=O) groups is 1. The Bertz CT molecular complexity index is 878. The fourth-order valence-corrected chi connectivity index (χ4v) is 3.22. The van der Waals surface area contributed by atoms with Gasteiger partial charge in [-0.25, -0.2) is 4.79 Å². The maximum Gasteiger partial charge on any atom is 0.407 e. The number of nitrogens with one attached hydrogen (secondary N) is 2. The maximum atomic E-state index is 12.2. The van der Waals surface area contributed by atoms with Crippen molar-refractivity contribution >= 4 is 11.7 Å². The first kappa shape index (κ1) is 26.0. The Balaban J connectivity index is 3.39. The summed E-state index contributed by atoms with van der Waals surface area (Å²) in [5, 5.41) is 2.91. The number of hydrazine groups is 1. The van der Waals surface area contributed by atoms with E-state index in [-0.39, 0.29) is 5.41 Å². The third-order valence-corrected chi connectivity index (χ3v) is 5.11. The van der Waals surface area contributed by atoms with Gasteiger partial charge >= 0.3 is 6.09 Å². The van der Waals surface area contributed by atoms with E-state index in [9.17, 15) is 4.79 Å². The summed E-state index contributed by atoms with van der Waals surface area (Å²) >= 11 is 0. The SMILES string of the molecule is C=C(C)/C(C(=C)NN)=C(/C=C\N)c1cccc(C(C)(CC)CNC(=O)OC(C)(C)C)c1. The van der Waals surface area contributed by atoms with Crippen LogP contribution in [0.4, 0.5) is 4.79 Å². The first-order valence-corrected chi connectivity index (χ1v) is 10.4. The van der Waals surface area contributed by atoms with Crippen LogP contribution in [-0.2, 0) is 10.2 Å². The molecule has 1 amide bonds. The van der Waals surface area contributed by atoms with Gasteiger partial charge in [0.15, 0.2) is 0 Å². The average Bonchev–Trinajstić information content (AvgIpc) is 2.70. The minimum absolute atomic E-state index is 0.295. The summed E-state index contributed by atoms with van der Waals surface area (Å²) in [6.07, 6.45) is 3.69. The smallest absolute Gasteiger partial charge is 0.407 e. The van der Waals surface area contributed by atoms with Crippen molar-refractivity contribution in [2.75, 3.05) is 6.54 Å². The molecule has 0 heterocycles. The molecule has 0 spiro atoms. The molecule has 170 valence electrons. The Morgan fingerprint density at radius 3 is 2.35 bits per heavy atom. The average molecular weight is 427 g/mol. The second-order valence-corrected chi connectivity index (χ2v) is 8.90. The molecule has 0 bridgehead atoms. The number of benzene rings is 1. The number of hydrogen-bond acceptors (Lipinski definition) is 5. The highest BCUT2D eigenvalue weighted by Gasteiger charge is 2.27. The number of alkyl carbamates (subject to hydrolysis) is 1. The maximum absolute atomic E-state index is 12.2. The van der Waals surface area contributed by atoms with Crippen molar-refractivity contribution in [2.24, 2.45) is 11.6 Å². The Morgan fingerprint density at radius 1 is 1.23 bits per heavy atom. The molecule has 0 fully saturated rings. The van der Waals surface area contributed by atoms with Gasteiger partial charge in [0.05, 0.1) is 0 Å². The van der Waals surface area contributed by atoms with Gasteiger partial charge in [0.1, 0.15) is 5.60 Å². The fourth-order valence-electron chi connectivity index (χ4n) is 3.22. The molecule has 0 aliphatic heterocycles. The van der Waals surface area contributed by atoms with E-state index in [0.717, 1.165) is 34.3 Å². The third kappa shape index (κ3) is 7.33. The summed E-state index contributed by atoms with van der Waals surface area (Å²) in [6.45, 7) is 20.2. The van der Waals surface area contributed by atoms with Crippen LogP contribution in [0.15, 0.2) is 66.5 Å². The lowest BCUT2D eigenvalue weighted by Gasteiger charge is -2.30. The minimum Gasteiger partial charge on any atom is -0.444 e. The summed E-state index contributed by atoms with van der Waals surface area (Å²) < 4.78 is 5.39. The van der Waals surface area contributed by atoms with E-state index in [4.69, 9.17) is 16.3 Å². The summed E-state index contributed by atoms with van der Waals surface area (Å²) in [4.78, 5) is 12.2. The second-order valence-electron chi connectivity index (χ2n) is 8.90. The van der Waals surface area contributed by atoms with Gasteiger partial charge in [-0.05, 0) is 68.7 Å². The second kappa shape index (κ2) is 10.9. The molecule has 0 saturated carbocycles. The molecule has 1 atom stereocenters. The number of ether oxygens (including phenoxy) is 1. The van der Waals surface area contributed by atoms with E-state index in [1.54, 1.807) is 0 Å². The summed E-state index contributed by atoms with van der Waals surface area (Å²) in [5.41, 5.74) is 12.6. The lowest BCUT2D eigenvalue weighted by Crippen LogP contribution is -2.41. The van der Waals surface area contributed by atoms with Crippen molar-refractivity contribution in [3.63, 3.8) is 0 Å². The molecule has 0 aliphatic rings. The van der Waals surface area contributed by atoms with Gasteiger partial charge in [0, 0.05) is 23.2 Å². The highest BCUT2D eigenvalue weighted by molar-refractivity contribution is 5.82. The molecule has 6 heteroatoms. The molecule has 0 saturated heterocycles. The zero-order valence-corrected chi connectivity index (χ0v) is 19.8. The Kier molecular flexibility index (Phi) is 9.13. The quantitative estimate of drug-likeness (QED) is 0.261. The van der Waals surface area contributed by atoms with E-state index >= 15 is 0 Å². The van der Waals surface area contributed by atoms with Crippen LogP contribution in [0.1, 0.15) is 59.1 Å². The largest absolute Gasteiger partial charge is 0.444 e. The molecule has 6 N–H and O–H groups in total. The zero-order valence-electron chi connectivity index (χ0n) is 19.8. The van der Waals surface area contributed by atoms with Gasteiger partial charge in [-0.1, -0.05) is 51.3 Å². The number of carbonyl (C=O) groups excluding carboxylic acids is 1. The molecule has 1 aromatic carbocycles. The van der Waals surface area contributed by atoms with Gasteiger partial charge in [-0.2, -0.15) is 0 Å². The van der Waals surface area contributed by atoms with Crippen molar-refractivity contribution in [3.05, 3.63) is 77.7 Å². The molecule has 1 unspecified atom stereocenters. The van der Waals surface area contributed by atoms with Crippen LogP contribution in [0.25, 0.3) is 5.57 Å². The van der Waals surface area contributed by atoms with E-state index in [1.165, 1.54) is 6.20 Å². The number of hydrogen-bond donors (Lipinski definition) is 4. The first-order valence-electron chi connectivity index (χ1n) is 10.4. The van der Waals surface area contributed by atoms with Crippen molar-refractivity contribution in [1.29, 1.82) is 0 Å². The van der Waals surface area contributed by atoms with Gasteiger partial charge in [0.25, 0.3) is 0 Å². The first-order chi connectivity index (χ1) is 14.4. The molecular formula is C25H38N4O2. The lowest BCUT2D eigenvalue weighted by molar-refractivity contribution is 0.0515. The van der Waals surface area contributed by atoms with Crippen LogP contribution in [0.5, 0.6) is 0 Å². The number of allylic oxidation sites excluding steroid dienone is 3. The molecule has 1 aromatic rings. The highest BCUT2D eigenvalue weighted by Crippen LogP contribution is 2.33. The summed E-state index contributed by atoms with van der Waals surface area (Å²) in [7, 11) is 0. The predicted octanol–water partition coefficient (Wildman–Crippen LogP) is 4.66. The van der Waals surface area contributed by atoms with Crippen molar-refractivity contribution in [1.82, 2.24) is 10.7 Å². The Labute approximate surface area is 187 Å². The van der Waals surface area contributed by atoms with E-state index in [0.29, 0.717) is 12.2 Å². The van der Waals surface area contributed by atoms with E-state index in [2.05, 4.69) is 49.9 Å². The van der Waals surface area contributed by atoms with Crippen molar-refractivity contribution in [3.8, 4) is 0 Å². The Hall–Kier alpha value is -2.99. The number of nitrogens with two attached hydrogens (primary N) is 2. The fraction of sp³-hybridized carbons (Fsp3) is 0.400. The third-order valence-electron chi connectivity index (χ3n) is 5.11. The minimum atomic E-state index is -0.542. The topological polar surface area (TPSA) is 102 Å². The summed E-state index contributed by atoms with van der Waals surface area (Å²) in [5.74, 6) is 5.62. The predicted molar refractivity (Wildman–Crippen MR) is 130 cm³/mol. The zero-order chi connectivity index (χ0) is 23.8. The molecule has 0 aromatic heterocycles. The molecule has 1 rings (SSSR count). The molecule has 0 radical (unpaired) electrons. The molecule has 6 nitrogen and oxygen atoms in total. The standard InChI is InChI=1S/C25H38N4O2/c1-9-25(8,16-28-23(30)31-24(5,6)7)20-12-10-11-19(15-20)21(13-14-26)22(17(2)3)18(4)29-27/h10-15,29H,2,4,9,16,26-27H2,1,3,5-8H3,(H,28,30)/b14-13-,22-21+. The van der Waals surface area contributed by atoms with Crippen LogP contribution < -0.4 is 22.3 Å². The van der Waals surface area contributed by atoms with Gasteiger partial charge in [-0.15, -0.1) is 0 Å². The van der Waals surface area contributed by atoms with Crippen LogP contribution in [0.3, 0.4) is 0 Å². The highest BCUT2D eigenvalue weighted by atomic mass is 16.6. The molecular weight excluding hydrogens is 388 g/mol. The van der Waals surface area contributed by atoms with Crippen LogP contribution >= 0.6 is 0 Å². The molecule has 0 aliphatic carbocycles. The van der Waals surface area contributed by atoms with E-state index in [1.807, 2.05) is 45.9 Å². The van der Waals surface area contributed by atoms with E-state index < -0.39 is 11.7 Å². The van der Waals surface area contributed by atoms with Gasteiger partial charge in [-0.3, -0.25) is 5.84 Å². The Morgan fingerprint density at radius 2 is 1.87 bits per heavy atom. The molecule has 31 heavy (non-hydrogen) atoms. The monoisotopic (exact) mass is 426 g/mol. The van der Waals surface area contributed by atoms with Crippen LogP contribution in [0, 0.1) is 0 Å². The van der Waals surface area contributed by atoms with Crippen molar-refractivity contribution in [2.45, 2.75) is 59.0 Å².